The van der Waals surface area contributed by atoms with Crippen LogP contribution >= 0.6 is 0 Å². The predicted molar refractivity (Wildman–Crippen MR) is 123 cm³/mol. The quantitative estimate of drug-likeness (QED) is 0.143. The van der Waals surface area contributed by atoms with Crippen LogP contribution in [0, 0.1) is 0 Å². The number of anilines is 1. The monoisotopic (exact) mass is 441 g/mol. The number of hydrogen-bond acceptors (Lipinski definition) is 9. The van der Waals surface area contributed by atoms with Gasteiger partial charge in [-0.25, -0.2) is 4.52 Å². The normalized spacial score (nSPS) is 11.7. The van der Waals surface area contributed by atoms with Crippen molar-refractivity contribution in [2.75, 3.05) is 51.8 Å². The lowest BCUT2D eigenvalue weighted by atomic mass is 10.0. The number of aliphatic hydroxyl groups is 2. The summed E-state index contributed by atoms with van der Waals surface area (Å²) in [5, 5.41) is 44.3. The van der Waals surface area contributed by atoms with Crippen molar-refractivity contribution < 1.29 is 20.1 Å². The molecule has 2 aromatic heterocycles. The van der Waals surface area contributed by atoms with E-state index in [1.807, 2.05) is 12.1 Å². The van der Waals surface area contributed by atoms with Crippen molar-refractivity contribution >= 4 is 32.9 Å². The van der Waals surface area contributed by atoms with Gasteiger partial charge in [-0.1, -0.05) is 0 Å². The molecule has 0 fully saturated rings. The van der Waals surface area contributed by atoms with Gasteiger partial charge >= 0.3 is 0 Å². The Balaban J connectivity index is 1.95. The third kappa shape index (κ3) is 3.78. The van der Waals surface area contributed by atoms with Crippen LogP contribution in [0.15, 0.2) is 29.1 Å². The van der Waals surface area contributed by atoms with E-state index in [2.05, 4.69) is 16.0 Å². The van der Waals surface area contributed by atoms with E-state index in [0.717, 1.165) is 5.39 Å². The maximum Gasteiger partial charge on any atom is 0.203 e. The van der Waals surface area contributed by atoms with E-state index in [1.165, 1.54) is 13.2 Å². The van der Waals surface area contributed by atoms with Gasteiger partial charge in [0.05, 0.1) is 42.3 Å². The lowest BCUT2D eigenvalue weighted by Gasteiger charge is -2.13. The molecule has 0 radical (unpaired) electrons. The summed E-state index contributed by atoms with van der Waals surface area (Å²) in [7, 11) is 1.48. The maximum atomic E-state index is 13.7. The smallest absolute Gasteiger partial charge is 0.203 e. The van der Waals surface area contributed by atoms with Gasteiger partial charge in [-0.05, 0) is 24.3 Å². The summed E-state index contributed by atoms with van der Waals surface area (Å²) in [5.41, 5.74) is 2.00. The summed E-state index contributed by atoms with van der Waals surface area (Å²) in [6.45, 7) is 2.53. The molecule has 10 nitrogen and oxygen atoms in total. The minimum Gasteiger partial charge on any atom is -0.506 e. The van der Waals surface area contributed by atoms with Crippen molar-refractivity contribution in [1.82, 2.24) is 20.2 Å². The van der Waals surface area contributed by atoms with Crippen molar-refractivity contribution in [3.8, 4) is 11.5 Å². The number of methoxy groups -OCH3 is 1. The highest BCUT2D eigenvalue weighted by molar-refractivity contribution is 6.10. The van der Waals surface area contributed by atoms with Crippen LogP contribution in [0.5, 0.6) is 11.5 Å². The molecule has 6 N–H and O–H groups in total. The Hall–Kier alpha value is -3.18. The summed E-state index contributed by atoms with van der Waals surface area (Å²) in [4.78, 5) is 13.7. The van der Waals surface area contributed by atoms with Crippen molar-refractivity contribution in [2.45, 2.75) is 6.54 Å². The van der Waals surface area contributed by atoms with Crippen LogP contribution in [-0.4, -0.2) is 71.4 Å². The average Bonchev–Trinajstić information content (AvgIpc) is 3.16. The van der Waals surface area contributed by atoms with E-state index in [9.17, 15) is 9.90 Å². The first-order valence-corrected chi connectivity index (χ1v) is 10.5. The Morgan fingerprint density at radius 2 is 1.75 bits per heavy atom. The van der Waals surface area contributed by atoms with Gasteiger partial charge in [-0.2, -0.15) is 5.10 Å². The third-order valence-electron chi connectivity index (χ3n) is 5.41. The second kappa shape index (κ2) is 9.53. The van der Waals surface area contributed by atoms with E-state index in [0.29, 0.717) is 66.3 Å². The number of benzene rings is 2. The largest absolute Gasteiger partial charge is 0.506 e. The molecule has 0 bridgehead atoms. The number of ether oxygens (including phenoxy) is 1. The van der Waals surface area contributed by atoms with Crippen LogP contribution in [0.2, 0.25) is 0 Å². The highest BCUT2D eigenvalue weighted by atomic mass is 16.5. The maximum absolute atomic E-state index is 13.7. The van der Waals surface area contributed by atoms with Gasteiger partial charge in [0.15, 0.2) is 0 Å². The molecule has 0 amide bonds. The zero-order valence-electron chi connectivity index (χ0n) is 17.8. The van der Waals surface area contributed by atoms with Crippen LogP contribution in [0.3, 0.4) is 0 Å². The number of pyridine rings is 1. The van der Waals surface area contributed by atoms with Gasteiger partial charge in [0.1, 0.15) is 17.0 Å². The van der Waals surface area contributed by atoms with Crippen LogP contribution in [-0.2, 0) is 6.54 Å². The minimum atomic E-state index is -0.258. The SMILES string of the molecule is COc1ccc(O)c2c1c(=O)c1c(NCCNCCO)ccc3c(CNCCO)nn2c31. The number of nitrogens with one attached hydrogen (secondary N) is 3. The second-order valence-corrected chi connectivity index (χ2v) is 7.38. The molecule has 0 unspecified atom stereocenters. The topological polar surface area (TPSA) is 140 Å². The lowest BCUT2D eigenvalue weighted by molar-refractivity contribution is 0.291. The number of fused-ring (bicyclic) bond motifs is 2. The highest BCUT2D eigenvalue weighted by Gasteiger charge is 2.23. The average molecular weight is 441 g/mol. The van der Waals surface area contributed by atoms with Crippen molar-refractivity contribution in [1.29, 1.82) is 0 Å². The number of aromatic hydroxyl groups is 1. The number of phenols is 1. The first-order valence-electron chi connectivity index (χ1n) is 10.5. The number of phenolic OH excluding ortho intramolecular Hbond substituents is 1. The highest BCUT2D eigenvalue weighted by Crippen LogP contribution is 2.36. The Kier molecular flexibility index (Phi) is 6.56. The molecule has 0 saturated heterocycles. The Morgan fingerprint density at radius 3 is 2.50 bits per heavy atom. The van der Waals surface area contributed by atoms with Gasteiger partial charge < -0.3 is 36.0 Å². The molecule has 10 heteroatoms. The Morgan fingerprint density at radius 1 is 0.969 bits per heavy atom. The van der Waals surface area contributed by atoms with E-state index in [1.54, 1.807) is 10.6 Å². The number of hydrogen-bond donors (Lipinski definition) is 6. The van der Waals surface area contributed by atoms with Gasteiger partial charge in [-0.15, -0.1) is 0 Å². The minimum absolute atomic E-state index is 0.00157. The second-order valence-electron chi connectivity index (χ2n) is 7.38. The summed E-state index contributed by atoms with van der Waals surface area (Å²) >= 11 is 0. The Labute approximate surface area is 183 Å². The molecule has 2 aromatic carbocycles. The molecule has 0 aliphatic heterocycles. The van der Waals surface area contributed by atoms with E-state index in [4.69, 9.17) is 20.0 Å². The zero-order chi connectivity index (χ0) is 22.7. The van der Waals surface area contributed by atoms with Crippen molar-refractivity contribution in [3.05, 3.63) is 40.2 Å². The standard InChI is InChI=1S/C22H27N5O5/c1-32-17-5-4-16(30)21-19(17)22(31)18-14(25-7-6-23-8-10-28)3-2-13-15(12-24-9-11-29)26-27(21)20(13)18/h2-5,23-25,28-30H,6-12H2,1H3. The van der Waals surface area contributed by atoms with Crippen molar-refractivity contribution in [3.63, 3.8) is 0 Å². The van der Waals surface area contributed by atoms with E-state index < -0.39 is 0 Å². The molecule has 0 saturated carbocycles. The molecule has 0 aliphatic rings. The van der Waals surface area contributed by atoms with Gasteiger partial charge in [0.25, 0.3) is 0 Å². The molecule has 170 valence electrons. The molecule has 0 spiro atoms. The molecule has 4 rings (SSSR count). The fraction of sp³-hybridized carbons (Fsp3) is 0.364. The first kappa shape index (κ1) is 22.0. The Bertz CT molecular complexity index is 1290. The summed E-state index contributed by atoms with van der Waals surface area (Å²) < 4.78 is 7.03. The summed E-state index contributed by atoms with van der Waals surface area (Å²) in [5.74, 6) is 0.294. The molecule has 0 atom stereocenters. The van der Waals surface area contributed by atoms with Crippen molar-refractivity contribution in [2.24, 2.45) is 0 Å². The number of aliphatic hydroxyl groups excluding tert-OH is 2. The van der Waals surface area contributed by atoms with E-state index >= 15 is 0 Å². The summed E-state index contributed by atoms with van der Waals surface area (Å²) in [6, 6.07) is 6.80. The van der Waals surface area contributed by atoms with Gasteiger partial charge in [0.2, 0.25) is 5.43 Å². The van der Waals surface area contributed by atoms with Gasteiger partial charge in [-0.3, -0.25) is 4.79 Å². The molecule has 4 aromatic rings. The van der Waals surface area contributed by atoms with Crippen LogP contribution in [0.25, 0.3) is 27.2 Å². The fourth-order valence-electron chi connectivity index (χ4n) is 4.00. The fourth-order valence-corrected chi connectivity index (χ4v) is 4.00. The molecule has 32 heavy (non-hydrogen) atoms. The van der Waals surface area contributed by atoms with Gasteiger partial charge in [0, 0.05) is 43.8 Å². The summed E-state index contributed by atoms with van der Waals surface area (Å²) in [6.07, 6.45) is 0. The molecular formula is C22H27N5O5. The molecular weight excluding hydrogens is 414 g/mol. The van der Waals surface area contributed by atoms with Crippen LogP contribution in [0.1, 0.15) is 5.69 Å². The predicted octanol–water partition coefficient (Wildman–Crippen LogP) is 0.229. The molecule has 0 aliphatic carbocycles. The molecule has 2 heterocycles. The first-order chi connectivity index (χ1) is 15.6. The lowest BCUT2D eigenvalue weighted by Crippen LogP contribution is -2.25. The van der Waals surface area contributed by atoms with E-state index in [-0.39, 0.29) is 29.8 Å². The number of nitrogens with zero attached hydrogens (tertiary/aromatic N) is 2. The number of rotatable bonds is 11. The number of aromatic nitrogens is 2. The zero-order valence-corrected chi connectivity index (χ0v) is 17.8. The third-order valence-corrected chi connectivity index (χ3v) is 5.41. The van der Waals surface area contributed by atoms with Crippen LogP contribution < -0.4 is 26.1 Å². The van der Waals surface area contributed by atoms with Crippen LogP contribution in [0.4, 0.5) is 5.69 Å².